The van der Waals surface area contributed by atoms with Crippen LogP contribution in [0.1, 0.15) is 75.3 Å². The zero-order valence-corrected chi connectivity index (χ0v) is 28.1. The highest BCUT2D eigenvalue weighted by atomic mass is 19.3. The van der Waals surface area contributed by atoms with E-state index in [9.17, 15) is 28.0 Å². The SMILES string of the molecule is CCn1nccc1C(=O)N[C@H](C(=O)Nc1ccc([C@H](C)[C@@H](NC(=O)C(C)(F)F)C(=O)N2CCN(C)[C@H](C)C2)cc1F)C(C1CC1)C1CC1. The fraction of sp³-hybridized carbons (Fsp3) is 0.618. The quantitative estimate of drug-likeness (QED) is 0.298. The van der Waals surface area contributed by atoms with E-state index in [4.69, 9.17) is 0 Å². The van der Waals surface area contributed by atoms with Crippen LogP contribution in [-0.2, 0) is 20.9 Å². The van der Waals surface area contributed by atoms with Gasteiger partial charge in [0.1, 0.15) is 23.6 Å². The number of alkyl halides is 2. The van der Waals surface area contributed by atoms with Gasteiger partial charge in [-0.05, 0) is 88.1 Å². The van der Waals surface area contributed by atoms with Gasteiger partial charge in [-0.15, -0.1) is 0 Å². The molecule has 1 aliphatic heterocycles. The number of carbonyl (C=O) groups is 4. The monoisotopic (exact) mass is 673 g/mol. The Hall–Kier alpha value is -3.94. The molecule has 1 aromatic heterocycles. The lowest BCUT2D eigenvalue weighted by Crippen LogP contribution is -2.59. The number of halogens is 3. The van der Waals surface area contributed by atoms with Gasteiger partial charge >= 0.3 is 5.92 Å². The van der Waals surface area contributed by atoms with Gasteiger partial charge in [-0.1, -0.05) is 13.0 Å². The van der Waals surface area contributed by atoms with E-state index in [1.807, 2.05) is 20.9 Å². The van der Waals surface area contributed by atoms with Crippen molar-refractivity contribution >= 4 is 29.3 Å². The molecule has 0 unspecified atom stereocenters. The van der Waals surface area contributed by atoms with Crippen LogP contribution in [0.3, 0.4) is 0 Å². The summed E-state index contributed by atoms with van der Waals surface area (Å²) in [5.74, 6) is -8.03. The van der Waals surface area contributed by atoms with Crippen LogP contribution in [-0.4, -0.2) is 93.9 Å². The Balaban J connectivity index is 1.35. The van der Waals surface area contributed by atoms with E-state index in [2.05, 4.69) is 25.9 Å². The van der Waals surface area contributed by atoms with Gasteiger partial charge in [0.05, 0.1) is 5.69 Å². The highest BCUT2D eigenvalue weighted by Crippen LogP contribution is 2.51. The van der Waals surface area contributed by atoms with Crippen LogP contribution >= 0.6 is 0 Å². The summed E-state index contributed by atoms with van der Waals surface area (Å²) in [5.41, 5.74) is 0.476. The average molecular weight is 674 g/mol. The van der Waals surface area contributed by atoms with E-state index in [1.165, 1.54) is 23.2 Å². The Morgan fingerprint density at radius 1 is 1.02 bits per heavy atom. The highest BCUT2D eigenvalue weighted by molar-refractivity contribution is 6.01. The first kappa shape index (κ1) is 35.4. The third kappa shape index (κ3) is 8.01. The lowest BCUT2D eigenvalue weighted by molar-refractivity contribution is -0.148. The van der Waals surface area contributed by atoms with Gasteiger partial charge in [0.15, 0.2) is 0 Å². The lowest BCUT2D eigenvalue weighted by atomic mass is 9.88. The summed E-state index contributed by atoms with van der Waals surface area (Å²) in [6.07, 6.45) is 5.36. The van der Waals surface area contributed by atoms with Gasteiger partial charge in [-0.2, -0.15) is 13.9 Å². The van der Waals surface area contributed by atoms with Crippen molar-refractivity contribution in [2.24, 2.45) is 17.8 Å². The van der Waals surface area contributed by atoms with E-state index < -0.39 is 53.4 Å². The smallest absolute Gasteiger partial charge is 0.321 e. The van der Waals surface area contributed by atoms with E-state index in [0.29, 0.717) is 50.6 Å². The molecule has 0 bridgehead atoms. The number of benzene rings is 1. The number of piperazine rings is 1. The van der Waals surface area contributed by atoms with Crippen LogP contribution in [0.2, 0.25) is 0 Å². The number of nitrogens with one attached hydrogen (secondary N) is 3. The fourth-order valence-electron chi connectivity index (χ4n) is 6.65. The topological polar surface area (TPSA) is 129 Å². The molecule has 1 saturated heterocycles. The molecule has 4 atom stereocenters. The lowest BCUT2D eigenvalue weighted by Gasteiger charge is -2.40. The Labute approximate surface area is 279 Å². The maximum absolute atomic E-state index is 15.7. The molecule has 2 aliphatic carbocycles. The van der Waals surface area contributed by atoms with E-state index >= 15 is 4.39 Å². The number of likely N-dealkylation sites (N-methyl/N-ethyl adjacent to an activating group) is 1. The molecule has 2 heterocycles. The molecule has 1 aromatic carbocycles. The Kier molecular flexibility index (Phi) is 10.5. The molecule has 0 spiro atoms. The Morgan fingerprint density at radius 2 is 1.69 bits per heavy atom. The molecule has 2 saturated carbocycles. The van der Waals surface area contributed by atoms with Crippen LogP contribution in [0.4, 0.5) is 18.9 Å². The molecule has 5 rings (SSSR count). The molecule has 2 aromatic rings. The first-order valence-electron chi connectivity index (χ1n) is 16.8. The zero-order valence-electron chi connectivity index (χ0n) is 28.1. The van der Waals surface area contributed by atoms with E-state index in [1.54, 1.807) is 17.7 Å². The number of rotatable bonds is 13. The van der Waals surface area contributed by atoms with Crippen molar-refractivity contribution < 1.29 is 32.3 Å². The van der Waals surface area contributed by atoms with Crippen molar-refractivity contribution in [1.82, 2.24) is 30.2 Å². The molecular weight excluding hydrogens is 627 g/mol. The largest absolute Gasteiger partial charge is 0.339 e. The molecule has 4 amide bonds. The average Bonchev–Trinajstić information content (AvgIpc) is 3.99. The molecule has 0 radical (unpaired) electrons. The predicted octanol–water partition coefficient (Wildman–Crippen LogP) is 3.62. The summed E-state index contributed by atoms with van der Waals surface area (Å²) in [7, 11) is 1.92. The standard InChI is InChI=1S/C34H46F3N7O4/c1-6-44-26(13-14-38-44)30(45)40-29(27(21-7-8-21)22-9-10-22)31(46)39-25-12-11-23(17-24(25)35)20(3)28(41-33(48)34(4,36)37)32(47)43-16-15-42(5)19(2)18-43/h11-14,17,19-22,27-29H,6-10,15-16,18H2,1-5H3,(H,39,46)(H,40,45)(H,41,48)/t19-,20+,28-,29+/m1/s1. The third-order valence-corrected chi connectivity index (χ3v) is 10.0. The summed E-state index contributed by atoms with van der Waals surface area (Å²) < 4.78 is 45.1. The summed E-state index contributed by atoms with van der Waals surface area (Å²) >= 11 is 0. The highest BCUT2D eigenvalue weighted by Gasteiger charge is 2.48. The number of carbonyl (C=O) groups excluding carboxylic acids is 4. The number of amides is 4. The van der Waals surface area contributed by atoms with Gasteiger partial charge < -0.3 is 25.8 Å². The van der Waals surface area contributed by atoms with Crippen LogP contribution in [0, 0.1) is 23.6 Å². The van der Waals surface area contributed by atoms with Crippen molar-refractivity contribution in [1.29, 1.82) is 0 Å². The molecule has 3 fully saturated rings. The second-order valence-corrected chi connectivity index (χ2v) is 13.7. The van der Waals surface area contributed by atoms with Crippen molar-refractivity contribution in [2.75, 3.05) is 32.0 Å². The first-order chi connectivity index (χ1) is 22.7. The number of nitrogens with zero attached hydrogens (tertiary/aromatic N) is 4. The first-order valence-corrected chi connectivity index (χ1v) is 16.8. The second-order valence-electron chi connectivity index (χ2n) is 13.7. The van der Waals surface area contributed by atoms with Crippen molar-refractivity contribution in [2.45, 2.75) is 89.9 Å². The molecule has 262 valence electrons. The molecule has 14 heteroatoms. The minimum Gasteiger partial charge on any atom is -0.339 e. The van der Waals surface area contributed by atoms with Crippen molar-refractivity contribution in [3.05, 3.63) is 47.5 Å². The molecule has 48 heavy (non-hydrogen) atoms. The minimum atomic E-state index is -3.73. The predicted molar refractivity (Wildman–Crippen MR) is 173 cm³/mol. The van der Waals surface area contributed by atoms with Gasteiger partial charge in [0.2, 0.25) is 11.8 Å². The molecule has 3 aliphatic rings. The molecular formula is C34H46F3N7O4. The normalized spacial score (nSPS) is 20.6. The van der Waals surface area contributed by atoms with E-state index in [0.717, 1.165) is 31.7 Å². The fourth-order valence-corrected chi connectivity index (χ4v) is 6.65. The second kappa shape index (κ2) is 14.3. The van der Waals surface area contributed by atoms with Gasteiger partial charge in [-0.3, -0.25) is 23.9 Å². The Morgan fingerprint density at radius 3 is 2.25 bits per heavy atom. The van der Waals surface area contributed by atoms with Crippen LogP contribution in [0.15, 0.2) is 30.5 Å². The minimum absolute atomic E-state index is 0.0177. The number of hydrogen-bond acceptors (Lipinski definition) is 6. The van der Waals surface area contributed by atoms with Crippen LogP contribution in [0.5, 0.6) is 0 Å². The van der Waals surface area contributed by atoms with Gasteiger partial charge in [-0.25, -0.2) is 4.39 Å². The van der Waals surface area contributed by atoms with Gasteiger partial charge in [0.25, 0.3) is 11.8 Å². The number of hydrogen-bond donors (Lipinski definition) is 3. The van der Waals surface area contributed by atoms with Gasteiger partial charge in [0, 0.05) is 51.3 Å². The Bertz CT molecular complexity index is 1510. The third-order valence-electron chi connectivity index (χ3n) is 10.0. The zero-order chi connectivity index (χ0) is 34.9. The van der Waals surface area contributed by atoms with E-state index in [-0.39, 0.29) is 23.2 Å². The van der Waals surface area contributed by atoms with Crippen molar-refractivity contribution in [3.63, 3.8) is 0 Å². The summed E-state index contributed by atoms with van der Waals surface area (Å²) in [5, 5.41) is 11.9. The number of aryl methyl sites for hydroxylation is 1. The number of anilines is 1. The summed E-state index contributed by atoms with van der Waals surface area (Å²) in [4.78, 5) is 56.7. The summed E-state index contributed by atoms with van der Waals surface area (Å²) in [6.45, 7) is 7.55. The number of aromatic nitrogens is 2. The molecule has 11 nitrogen and oxygen atoms in total. The van der Waals surface area contributed by atoms with Crippen LogP contribution < -0.4 is 16.0 Å². The summed E-state index contributed by atoms with van der Waals surface area (Å²) in [6, 6.07) is 3.31. The maximum Gasteiger partial charge on any atom is 0.321 e. The van der Waals surface area contributed by atoms with Crippen molar-refractivity contribution in [3.8, 4) is 0 Å². The molecule has 3 N–H and O–H groups in total. The van der Waals surface area contributed by atoms with Crippen LogP contribution in [0.25, 0.3) is 0 Å². The maximum atomic E-state index is 15.7.